The van der Waals surface area contributed by atoms with Crippen LogP contribution < -0.4 is 10.1 Å². The predicted octanol–water partition coefficient (Wildman–Crippen LogP) is 4.51. The van der Waals surface area contributed by atoms with E-state index in [4.69, 9.17) is 4.74 Å². The molecule has 0 saturated heterocycles. The van der Waals surface area contributed by atoms with Crippen LogP contribution in [0.5, 0.6) is 11.6 Å². The number of pyridine rings is 1. The molecule has 1 aromatic carbocycles. The minimum absolute atomic E-state index is 0.262. The van der Waals surface area contributed by atoms with Gasteiger partial charge in [-0.25, -0.2) is 4.98 Å². The van der Waals surface area contributed by atoms with Crippen molar-refractivity contribution < 1.29 is 9.53 Å². The molecule has 1 aliphatic heterocycles. The van der Waals surface area contributed by atoms with Gasteiger partial charge < -0.3 is 14.8 Å². The molecule has 2 heterocycles. The molecule has 0 saturated carbocycles. The predicted molar refractivity (Wildman–Crippen MR) is 94.1 cm³/mol. The summed E-state index contributed by atoms with van der Waals surface area (Å²) in [5.41, 5.74) is 3.14. The highest BCUT2D eigenvalue weighted by Crippen LogP contribution is 2.42. The first-order chi connectivity index (χ1) is 11.1. The summed E-state index contributed by atoms with van der Waals surface area (Å²) in [6.07, 6.45) is 4.07. The molecule has 120 valence electrons. The van der Waals surface area contributed by atoms with E-state index >= 15 is 0 Å². The second-order valence-corrected chi connectivity index (χ2v) is 6.78. The first-order valence-corrected chi connectivity index (χ1v) is 8.50. The van der Waals surface area contributed by atoms with Crippen LogP contribution in [0, 0.1) is 12.8 Å². The number of aldehydes is 1. The Bertz CT molecular complexity index is 733. The van der Waals surface area contributed by atoms with E-state index in [1.54, 1.807) is 6.20 Å². The fourth-order valence-corrected chi connectivity index (χ4v) is 3.39. The lowest BCUT2D eigenvalue weighted by Gasteiger charge is -2.32. The molecular formula is C18H19BrN2O2. The van der Waals surface area contributed by atoms with Crippen molar-refractivity contribution in [1.82, 2.24) is 4.98 Å². The van der Waals surface area contributed by atoms with Crippen LogP contribution >= 0.6 is 15.9 Å². The van der Waals surface area contributed by atoms with Crippen molar-refractivity contribution in [2.24, 2.45) is 5.92 Å². The molecule has 1 aliphatic rings. The second kappa shape index (κ2) is 6.71. The molecule has 0 amide bonds. The minimum atomic E-state index is 0.262. The van der Waals surface area contributed by atoms with E-state index in [-0.39, 0.29) is 12.0 Å². The van der Waals surface area contributed by atoms with Crippen molar-refractivity contribution in [1.29, 1.82) is 0 Å². The van der Waals surface area contributed by atoms with Gasteiger partial charge in [0.1, 0.15) is 12.0 Å². The van der Waals surface area contributed by atoms with Gasteiger partial charge >= 0.3 is 0 Å². The summed E-state index contributed by atoms with van der Waals surface area (Å²) in [6.45, 7) is 4.09. The zero-order valence-electron chi connectivity index (χ0n) is 13.2. The zero-order chi connectivity index (χ0) is 16.4. The van der Waals surface area contributed by atoms with Gasteiger partial charge in [0, 0.05) is 35.5 Å². The molecule has 2 atom stereocenters. The molecule has 0 fully saturated rings. The Morgan fingerprint density at radius 1 is 1.43 bits per heavy atom. The Morgan fingerprint density at radius 3 is 3.00 bits per heavy atom. The third-order valence-corrected chi connectivity index (χ3v) is 4.95. The number of aryl methyl sites for hydroxylation is 1. The summed E-state index contributed by atoms with van der Waals surface area (Å²) >= 11 is 3.58. The fourth-order valence-electron chi connectivity index (χ4n) is 2.94. The van der Waals surface area contributed by atoms with Crippen molar-refractivity contribution in [2.45, 2.75) is 32.7 Å². The number of nitrogens with zero attached hydrogens (tertiary/aromatic N) is 1. The van der Waals surface area contributed by atoms with Crippen LogP contribution in [0.4, 0.5) is 5.69 Å². The third-order valence-electron chi connectivity index (χ3n) is 4.33. The van der Waals surface area contributed by atoms with Gasteiger partial charge in [-0.1, -0.05) is 6.07 Å². The fraction of sp³-hybridized carbons (Fsp3) is 0.333. The van der Waals surface area contributed by atoms with E-state index in [1.165, 1.54) is 0 Å². The Morgan fingerprint density at radius 2 is 2.26 bits per heavy atom. The van der Waals surface area contributed by atoms with Crippen LogP contribution in [0.3, 0.4) is 0 Å². The lowest BCUT2D eigenvalue weighted by atomic mass is 9.86. The number of halogens is 1. The van der Waals surface area contributed by atoms with Crippen molar-refractivity contribution in [2.75, 3.05) is 5.32 Å². The van der Waals surface area contributed by atoms with Gasteiger partial charge in [-0.15, -0.1) is 0 Å². The van der Waals surface area contributed by atoms with Gasteiger partial charge in [-0.05, 0) is 60.3 Å². The minimum Gasteiger partial charge on any atom is -0.437 e. The standard InChI is InChI=1S/C18H19BrN2O2/c1-11-4-3-8-20-18(11)23-17-14-10-13(7-9-22)12(2)21-16(14)6-5-15(17)19/h3-6,8-9,12-13,21H,7,10H2,1-2H3/t12-,13?/m0/s1. The van der Waals surface area contributed by atoms with Crippen molar-refractivity contribution >= 4 is 27.9 Å². The molecule has 0 bridgehead atoms. The SMILES string of the molecule is Cc1cccnc1Oc1c(Br)ccc2c1CC(CC=O)[C@H](C)N2. The van der Waals surface area contributed by atoms with E-state index in [0.29, 0.717) is 12.3 Å². The number of ether oxygens (including phenoxy) is 1. The van der Waals surface area contributed by atoms with Gasteiger partial charge in [0.25, 0.3) is 0 Å². The van der Waals surface area contributed by atoms with Crippen molar-refractivity contribution in [3.8, 4) is 11.6 Å². The highest BCUT2D eigenvalue weighted by Gasteiger charge is 2.28. The van der Waals surface area contributed by atoms with E-state index in [0.717, 1.165) is 39.7 Å². The van der Waals surface area contributed by atoms with Crippen molar-refractivity contribution in [3.05, 3.63) is 46.1 Å². The lowest BCUT2D eigenvalue weighted by molar-refractivity contribution is -0.108. The summed E-state index contributed by atoms with van der Waals surface area (Å²) in [4.78, 5) is 15.3. The summed E-state index contributed by atoms with van der Waals surface area (Å²) in [5.74, 6) is 1.65. The second-order valence-electron chi connectivity index (χ2n) is 5.93. The van der Waals surface area contributed by atoms with Gasteiger partial charge in [-0.2, -0.15) is 0 Å². The number of aromatic nitrogens is 1. The Hall–Kier alpha value is -1.88. The van der Waals surface area contributed by atoms with Crippen LogP contribution in [0.15, 0.2) is 34.9 Å². The van der Waals surface area contributed by atoms with E-state index < -0.39 is 0 Å². The molecule has 0 spiro atoms. The van der Waals surface area contributed by atoms with Crippen LogP contribution in [0.1, 0.15) is 24.5 Å². The molecular weight excluding hydrogens is 356 g/mol. The normalized spacial score (nSPS) is 19.6. The molecule has 0 radical (unpaired) electrons. The highest BCUT2D eigenvalue weighted by molar-refractivity contribution is 9.10. The summed E-state index contributed by atoms with van der Waals surface area (Å²) in [6, 6.07) is 8.15. The molecule has 1 unspecified atom stereocenters. The summed E-state index contributed by atoms with van der Waals surface area (Å²) in [7, 11) is 0. The Labute approximate surface area is 144 Å². The maximum atomic E-state index is 10.9. The van der Waals surface area contributed by atoms with Gasteiger partial charge in [0.15, 0.2) is 0 Å². The van der Waals surface area contributed by atoms with E-state index in [2.05, 4.69) is 33.2 Å². The van der Waals surface area contributed by atoms with E-state index in [1.807, 2.05) is 31.2 Å². The Kier molecular flexibility index (Phi) is 4.66. The molecule has 5 heteroatoms. The summed E-state index contributed by atoms with van der Waals surface area (Å²) in [5, 5.41) is 3.48. The number of hydrogen-bond donors (Lipinski definition) is 1. The molecule has 0 aliphatic carbocycles. The topological polar surface area (TPSA) is 51.2 Å². The molecule has 23 heavy (non-hydrogen) atoms. The molecule has 1 aromatic heterocycles. The smallest absolute Gasteiger partial charge is 0.222 e. The first kappa shape index (κ1) is 16.0. The van der Waals surface area contributed by atoms with Crippen LogP contribution in [-0.2, 0) is 11.2 Å². The Balaban J connectivity index is 2.00. The number of hydrogen-bond acceptors (Lipinski definition) is 4. The molecule has 3 rings (SSSR count). The number of rotatable bonds is 4. The quantitative estimate of drug-likeness (QED) is 0.800. The maximum absolute atomic E-state index is 10.9. The van der Waals surface area contributed by atoms with Gasteiger partial charge in [0.2, 0.25) is 5.88 Å². The number of carbonyl (C=O) groups is 1. The van der Waals surface area contributed by atoms with E-state index in [9.17, 15) is 4.79 Å². The lowest BCUT2D eigenvalue weighted by Crippen LogP contribution is -2.33. The number of carbonyl (C=O) groups excluding carboxylic acids is 1. The monoisotopic (exact) mass is 374 g/mol. The number of fused-ring (bicyclic) bond motifs is 1. The number of benzene rings is 1. The van der Waals surface area contributed by atoms with Crippen LogP contribution in [0.25, 0.3) is 0 Å². The van der Waals surface area contributed by atoms with Gasteiger partial charge in [0.05, 0.1) is 4.47 Å². The highest BCUT2D eigenvalue weighted by atomic mass is 79.9. The first-order valence-electron chi connectivity index (χ1n) is 7.71. The molecule has 1 N–H and O–H groups in total. The number of anilines is 1. The molecule has 4 nitrogen and oxygen atoms in total. The zero-order valence-corrected chi connectivity index (χ0v) is 14.8. The average Bonchev–Trinajstić information content (AvgIpc) is 2.53. The van der Waals surface area contributed by atoms with Gasteiger partial charge in [-0.3, -0.25) is 0 Å². The largest absolute Gasteiger partial charge is 0.437 e. The molecule has 2 aromatic rings. The van der Waals surface area contributed by atoms with Crippen molar-refractivity contribution in [3.63, 3.8) is 0 Å². The summed E-state index contributed by atoms with van der Waals surface area (Å²) < 4.78 is 7.00. The third kappa shape index (κ3) is 3.24. The maximum Gasteiger partial charge on any atom is 0.222 e. The van der Waals surface area contributed by atoms with Crippen LogP contribution in [0.2, 0.25) is 0 Å². The van der Waals surface area contributed by atoms with Crippen LogP contribution in [-0.4, -0.2) is 17.3 Å². The number of nitrogens with one attached hydrogen (secondary N) is 1. The average molecular weight is 375 g/mol.